The highest BCUT2D eigenvalue weighted by atomic mass is 32.2. The molecular formula is C24H26F2N2O5S. The molecule has 2 fully saturated rings. The number of Topliss-reactive ketones (excluding diaryl/α,β-unsaturated/α-hetero) is 1. The quantitative estimate of drug-likeness (QED) is 0.432. The third-order valence-electron chi connectivity index (χ3n) is 6.15. The minimum atomic E-state index is -3.79. The van der Waals surface area contributed by atoms with Crippen molar-refractivity contribution < 1.29 is 31.5 Å². The van der Waals surface area contributed by atoms with E-state index in [4.69, 9.17) is 4.74 Å². The zero-order valence-corrected chi connectivity index (χ0v) is 19.5. The van der Waals surface area contributed by atoms with Gasteiger partial charge in [-0.05, 0) is 62.1 Å². The lowest BCUT2D eigenvalue weighted by molar-refractivity contribution is 0.0474. The number of rotatable bonds is 7. The van der Waals surface area contributed by atoms with Crippen LogP contribution < -0.4 is 4.90 Å². The number of piperidine rings is 1. The number of halogens is 2. The van der Waals surface area contributed by atoms with E-state index in [1.807, 2.05) is 4.90 Å². The fraction of sp³-hybridized carbons (Fsp3) is 0.417. The summed E-state index contributed by atoms with van der Waals surface area (Å²) < 4.78 is 60.1. The van der Waals surface area contributed by atoms with E-state index in [1.165, 1.54) is 16.4 Å². The van der Waals surface area contributed by atoms with E-state index >= 15 is 0 Å². The van der Waals surface area contributed by atoms with E-state index in [1.54, 1.807) is 6.07 Å². The van der Waals surface area contributed by atoms with Crippen LogP contribution in [0.5, 0.6) is 0 Å². The zero-order valence-electron chi connectivity index (χ0n) is 18.6. The van der Waals surface area contributed by atoms with Crippen LogP contribution in [0.25, 0.3) is 0 Å². The van der Waals surface area contributed by atoms with Gasteiger partial charge < -0.3 is 9.64 Å². The smallest absolute Gasteiger partial charge is 0.340 e. The summed E-state index contributed by atoms with van der Waals surface area (Å²) in [4.78, 5) is 27.3. The van der Waals surface area contributed by atoms with Gasteiger partial charge in [-0.3, -0.25) is 4.79 Å². The van der Waals surface area contributed by atoms with Crippen LogP contribution in [0, 0.1) is 11.6 Å². The molecule has 2 aromatic rings. The lowest BCUT2D eigenvalue weighted by atomic mass is 10.1. The monoisotopic (exact) mass is 492 g/mol. The third kappa shape index (κ3) is 5.12. The molecule has 0 radical (unpaired) electrons. The number of benzene rings is 2. The molecule has 0 amide bonds. The van der Waals surface area contributed by atoms with Crippen LogP contribution in [0.15, 0.2) is 41.3 Å². The highest BCUT2D eigenvalue weighted by Gasteiger charge is 2.29. The average Bonchev–Trinajstić information content (AvgIpc) is 3.39. The molecule has 2 aromatic carbocycles. The van der Waals surface area contributed by atoms with Gasteiger partial charge in [0.1, 0.15) is 11.6 Å². The molecule has 0 N–H and O–H groups in total. The van der Waals surface area contributed by atoms with Crippen molar-refractivity contribution >= 4 is 27.5 Å². The summed E-state index contributed by atoms with van der Waals surface area (Å²) in [6.07, 6.45) is 4.38. The largest absolute Gasteiger partial charge is 0.454 e. The van der Waals surface area contributed by atoms with Crippen LogP contribution in [0.3, 0.4) is 0 Å². The Morgan fingerprint density at radius 3 is 2.24 bits per heavy atom. The molecule has 0 aliphatic carbocycles. The van der Waals surface area contributed by atoms with Crippen molar-refractivity contribution in [3.63, 3.8) is 0 Å². The number of carbonyl (C=O) groups excluding carboxylic acids is 2. The SMILES string of the molecule is O=C(COC(=O)c1cc(S(=O)(=O)N2CCCCC2)ccc1N1CCCC1)c1cc(F)ccc1F. The number of nitrogens with zero attached hydrogens (tertiary/aromatic N) is 2. The summed E-state index contributed by atoms with van der Waals surface area (Å²) in [6, 6.07) is 6.81. The molecule has 2 heterocycles. The first kappa shape index (κ1) is 24.3. The zero-order chi connectivity index (χ0) is 24.3. The normalized spacial score (nSPS) is 17.1. The van der Waals surface area contributed by atoms with Crippen LogP contribution in [-0.4, -0.2) is 57.3 Å². The summed E-state index contributed by atoms with van der Waals surface area (Å²) in [5, 5.41) is 0. The van der Waals surface area contributed by atoms with Gasteiger partial charge in [-0.2, -0.15) is 4.31 Å². The Hall–Kier alpha value is -2.85. The van der Waals surface area contributed by atoms with Gasteiger partial charge in [0.2, 0.25) is 15.8 Å². The molecule has 0 aromatic heterocycles. The molecule has 0 atom stereocenters. The van der Waals surface area contributed by atoms with Crippen molar-refractivity contribution in [1.82, 2.24) is 4.31 Å². The molecule has 2 aliphatic rings. The van der Waals surface area contributed by atoms with Gasteiger partial charge in [0, 0.05) is 26.2 Å². The Balaban J connectivity index is 1.60. The molecule has 182 valence electrons. The molecule has 2 saturated heterocycles. The van der Waals surface area contributed by atoms with Gasteiger partial charge in [0.05, 0.1) is 21.7 Å². The van der Waals surface area contributed by atoms with Gasteiger partial charge >= 0.3 is 5.97 Å². The maximum Gasteiger partial charge on any atom is 0.340 e. The molecule has 0 saturated carbocycles. The predicted molar refractivity (Wildman–Crippen MR) is 121 cm³/mol. The number of esters is 1. The number of carbonyl (C=O) groups is 2. The second-order valence-electron chi connectivity index (χ2n) is 8.46. The Morgan fingerprint density at radius 1 is 0.853 bits per heavy atom. The molecule has 4 rings (SSSR count). The van der Waals surface area contributed by atoms with Crippen LogP contribution in [0.2, 0.25) is 0 Å². The van der Waals surface area contributed by atoms with Gasteiger partial charge in [0.25, 0.3) is 0 Å². The number of ether oxygens (including phenoxy) is 1. The minimum Gasteiger partial charge on any atom is -0.454 e. The number of sulfonamides is 1. The van der Waals surface area contributed by atoms with E-state index < -0.39 is 45.6 Å². The van der Waals surface area contributed by atoms with Gasteiger partial charge in [-0.1, -0.05) is 6.42 Å². The predicted octanol–water partition coefficient (Wildman–Crippen LogP) is 3.78. The topological polar surface area (TPSA) is 84.0 Å². The Kier molecular flexibility index (Phi) is 7.27. The second-order valence-corrected chi connectivity index (χ2v) is 10.4. The first-order valence-electron chi connectivity index (χ1n) is 11.3. The van der Waals surface area contributed by atoms with Crippen LogP contribution in [-0.2, 0) is 14.8 Å². The van der Waals surface area contributed by atoms with Crippen molar-refractivity contribution in [2.24, 2.45) is 0 Å². The third-order valence-corrected chi connectivity index (χ3v) is 8.05. The molecule has 2 aliphatic heterocycles. The van der Waals surface area contributed by atoms with Crippen LogP contribution >= 0.6 is 0 Å². The fourth-order valence-electron chi connectivity index (χ4n) is 4.32. The van der Waals surface area contributed by atoms with Crippen molar-refractivity contribution in [3.05, 3.63) is 59.2 Å². The van der Waals surface area contributed by atoms with E-state index in [0.717, 1.165) is 50.3 Å². The number of ketones is 1. The molecule has 7 nitrogen and oxygen atoms in total. The minimum absolute atomic E-state index is 0.0208. The molecule has 34 heavy (non-hydrogen) atoms. The fourth-order valence-corrected chi connectivity index (χ4v) is 5.87. The average molecular weight is 493 g/mol. The summed E-state index contributed by atoms with van der Waals surface area (Å²) in [5.74, 6) is -3.51. The summed E-state index contributed by atoms with van der Waals surface area (Å²) in [6.45, 7) is 1.44. The van der Waals surface area contributed by atoms with Crippen molar-refractivity contribution in [2.45, 2.75) is 37.0 Å². The number of hydrogen-bond acceptors (Lipinski definition) is 6. The van der Waals surface area contributed by atoms with Crippen molar-refractivity contribution in [2.75, 3.05) is 37.7 Å². The van der Waals surface area contributed by atoms with Crippen LogP contribution in [0.1, 0.15) is 52.8 Å². The maximum absolute atomic E-state index is 13.9. The summed E-state index contributed by atoms with van der Waals surface area (Å²) in [7, 11) is -3.79. The van der Waals surface area contributed by atoms with E-state index in [-0.39, 0.29) is 10.5 Å². The standard InChI is InChI=1S/C24H26F2N2O5S/c25-17-6-8-21(26)19(14-17)23(29)16-33-24(30)20-15-18(7-9-22(20)27-10-4-5-11-27)34(31,32)28-12-2-1-3-13-28/h6-9,14-15H,1-5,10-13,16H2. The number of hydrogen-bond donors (Lipinski definition) is 0. The molecule has 0 unspecified atom stereocenters. The Bertz CT molecular complexity index is 1190. The first-order chi connectivity index (χ1) is 16.3. The second kappa shape index (κ2) is 10.2. The number of anilines is 1. The van der Waals surface area contributed by atoms with E-state index in [0.29, 0.717) is 31.9 Å². The molecule has 10 heteroatoms. The van der Waals surface area contributed by atoms with E-state index in [9.17, 15) is 26.8 Å². The Morgan fingerprint density at radius 2 is 1.53 bits per heavy atom. The summed E-state index contributed by atoms with van der Waals surface area (Å²) >= 11 is 0. The highest BCUT2D eigenvalue weighted by Crippen LogP contribution is 2.30. The summed E-state index contributed by atoms with van der Waals surface area (Å²) in [5.41, 5.74) is 0.0194. The first-order valence-corrected chi connectivity index (χ1v) is 12.8. The molecular weight excluding hydrogens is 466 g/mol. The Labute approximate surface area is 197 Å². The maximum atomic E-state index is 13.9. The van der Waals surface area contributed by atoms with Crippen molar-refractivity contribution in [1.29, 1.82) is 0 Å². The van der Waals surface area contributed by atoms with Gasteiger partial charge in [-0.25, -0.2) is 22.0 Å². The lowest BCUT2D eigenvalue weighted by Gasteiger charge is -2.27. The molecule has 0 spiro atoms. The molecule has 0 bridgehead atoms. The lowest BCUT2D eigenvalue weighted by Crippen LogP contribution is -2.35. The van der Waals surface area contributed by atoms with Gasteiger partial charge in [0.15, 0.2) is 6.61 Å². The van der Waals surface area contributed by atoms with Crippen molar-refractivity contribution in [3.8, 4) is 0 Å². The highest BCUT2D eigenvalue weighted by molar-refractivity contribution is 7.89. The van der Waals surface area contributed by atoms with E-state index in [2.05, 4.69) is 0 Å². The van der Waals surface area contributed by atoms with Gasteiger partial charge in [-0.15, -0.1) is 0 Å². The van der Waals surface area contributed by atoms with Crippen LogP contribution in [0.4, 0.5) is 14.5 Å².